The van der Waals surface area contributed by atoms with Crippen LogP contribution in [0.3, 0.4) is 0 Å². The summed E-state index contributed by atoms with van der Waals surface area (Å²) in [4.78, 5) is 28.8. The number of nitriles is 1. The molecule has 1 aromatic rings. The molecular weight excluding hydrogens is 398 g/mol. The summed E-state index contributed by atoms with van der Waals surface area (Å²) in [5.41, 5.74) is 0.636. The molecule has 8 nitrogen and oxygen atoms in total. The van der Waals surface area contributed by atoms with Crippen LogP contribution in [0.15, 0.2) is 18.2 Å². The third-order valence-electron chi connectivity index (χ3n) is 6.06. The van der Waals surface area contributed by atoms with Crippen molar-refractivity contribution in [3.05, 3.63) is 29.3 Å². The first-order chi connectivity index (χ1) is 14.9. The molecule has 0 aliphatic carbocycles. The quantitative estimate of drug-likeness (QED) is 0.680. The highest BCUT2D eigenvalue weighted by atomic mass is 16.6. The van der Waals surface area contributed by atoms with E-state index < -0.39 is 0 Å². The summed E-state index contributed by atoms with van der Waals surface area (Å²) in [6, 6.07) is 7.09. The molecule has 3 rings (SSSR count). The van der Waals surface area contributed by atoms with Gasteiger partial charge in [0.25, 0.3) is 5.91 Å². The van der Waals surface area contributed by atoms with Crippen molar-refractivity contribution in [3.8, 4) is 11.8 Å². The van der Waals surface area contributed by atoms with Gasteiger partial charge in [-0.25, -0.2) is 0 Å². The Morgan fingerprint density at radius 3 is 2.68 bits per heavy atom. The minimum absolute atomic E-state index is 0.00148. The average molecular weight is 430 g/mol. The smallest absolute Gasteiger partial charge is 0.257 e. The fourth-order valence-corrected chi connectivity index (χ4v) is 4.11. The molecule has 0 N–H and O–H groups in total. The van der Waals surface area contributed by atoms with Gasteiger partial charge in [0.1, 0.15) is 24.5 Å². The first-order valence-corrected chi connectivity index (χ1v) is 10.8. The number of hydrogen-bond donors (Lipinski definition) is 0. The molecule has 0 spiro atoms. The van der Waals surface area contributed by atoms with E-state index in [4.69, 9.17) is 14.2 Å². The number of fused-ring (bicyclic) bond motifs is 3. The maximum atomic E-state index is 13.1. The normalized spacial score (nSPS) is 26.1. The zero-order valence-electron chi connectivity index (χ0n) is 18.5. The molecule has 2 amide bonds. The molecule has 0 saturated carbocycles. The van der Waals surface area contributed by atoms with Gasteiger partial charge in [0.05, 0.1) is 23.3 Å². The highest BCUT2D eigenvalue weighted by molar-refractivity contribution is 5.97. The van der Waals surface area contributed by atoms with E-state index in [2.05, 4.69) is 6.07 Å². The molecule has 1 saturated heterocycles. The molecule has 8 heteroatoms. The zero-order valence-corrected chi connectivity index (χ0v) is 18.5. The summed E-state index contributed by atoms with van der Waals surface area (Å²) in [6.45, 7) is 1.23. The Labute approximate surface area is 183 Å². The van der Waals surface area contributed by atoms with Crippen LogP contribution in [0.1, 0.15) is 48.0 Å². The van der Waals surface area contributed by atoms with E-state index >= 15 is 0 Å². The van der Waals surface area contributed by atoms with E-state index in [-0.39, 0.29) is 42.5 Å². The Bertz CT molecular complexity index is 837. The van der Waals surface area contributed by atoms with Crippen molar-refractivity contribution in [3.63, 3.8) is 0 Å². The lowest BCUT2D eigenvalue weighted by Gasteiger charge is -2.36. The van der Waals surface area contributed by atoms with Crippen LogP contribution in [0.2, 0.25) is 0 Å². The fourth-order valence-electron chi connectivity index (χ4n) is 4.11. The lowest BCUT2D eigenvalue weighted by Crippen LogP contribution is -2.44. The van der Waals surface area contributed by atoms with Gasteiger partial charge in [-0.2, -0.15) is 5.26 Å². The van der Waals surface area contributed by atoms with Crippen molar-refractivity contribution in [1.29, 1.82) is 5.26 Å². The highest BCUT2D eigenvalue weighted by Crippen LogP contribution is 2.29. The molecule has 1 fully saturated rings. The van der Waals surface area contributed by atoms with Gasteiger partial charge >= 0.3 is 0 Å². The summed E-state index contributed by atoms with van der Waals surface area (Å²) in [7, 11) is 5.15. The Balaban J connectivity index is 1.90. The van der Waals surface area contributed by atoms with E-state index in [1.165, 1.54) is 0 Å². The molecule has 31 heavy (non-hydrogen) atoms. The molecular formula is C23H31N3O5. The van der Waals surface area contributed by atoms with Gasteiger partial charge in [-0.05, 0) is 37.8 Å². The third kappa shape index (κ3) is 5.54. The average Bonchev–Trinajstić information content (AvgIpc) is 2.79. The molecule has 2 aliphatic rings. The van der Waals surface area contributed by atoms with Crippen LogP contribution >= 0.6 is 0 Å². The van der Waals surface area contributed by atoms with E-state index in [1.807, 2.05) is 0 Å². The van der Waals surface area contributed by atoms with Gasteiger partial charge in [0.15, 0.2) is 0 Å². The molecule has 2 aliphatic heterocycles. The SMILES string of the molecule is CO[C@@H]1CC[C@@H]2CCN(C)C(=O)CCCN(C)C(=O)c3cccc(C#N)c3OC[C@H]1O2. The maximum Gasteiger partial charge on any atom is 0.257 e. The van der Waals surface area contributed by atoms with Crippen LogP contribution in [0, 0.1) is 11.3 Å². The second-order valence-corrected chi connectivity index (χ2v) is 8.19. The number of rotatable bonds is 1. The molecule has 2 heterocycles. The third-order valence-corrected chi connectivity index (χ3v) is 6.06. The monoisotopic (exact) mass is 429 g/mol. The number of carbonyl (C=O) groups excluding carboxylic acids is 2. The van der Waals surface area contributed by atoms with Crippen molar-refractivity contribution in [2.24, 2.45) is 0 Å². The van der Waals surface area contributed by atoms with Gasteiger partial charge in [-0.1, -0.05) is 6.07 Å². The first-order valence-electron chi connectivity index (χ1n) is 10.8. The Morgan fingerprint density at radius 2 is 1.94 bits per heavy atom. The Kier molecular flexibility index (Phi) is 7.88. The first kappa shape index (κ1) is 23.0. The van der Waals surface area contributed by atoms with Crippen molar-refractivity contribution in [1.82, 2.24) is 9.80 Å². The summed E-state index contributed by atoms with van der Waals surface area (Å²) < 4.78 is 17.9. The van der Waals surface area contributed by atoms with Gasteiger partial charge < -0.3 is 24.0 Å². The van der Waals surface area contributed by atoms with Crippen molar-refractivity contribution in [2.45, 2.75) is 50.4 Å². The summed E-state index contributed by atoms with van der Waals surface area (Å²) in [6.07, 6.45) is 2.89. The Hall–Kier alpha value is -2.63. The molecule has 0 unspecified atom stereocenters. The van der Waals surface area contributed by atoms with E-state index in [0.717, 1.165) is 19.3 Å². The van der Waals surface area contributed by atoms with E-state index in [1.54, 1.807) is 49.2 Å². The maximum absolute atomic E-state index is 13.1. The predicted octanol–water partition coefficient (Wildman–Crippen LogP) is 2.21. The minimum Gasteiger partial charge on any atom is -0.489 e. The van der Waals surface area contributed by atoms with Crippen molar-refractivity contribution in [2.75, 3.05) is 40.9 Å². The second kappa shape index (κ2) is 10.6. The number of para-hydroxylation sites is 1. The molecule has 0 aromatic heterocycles. The molecule has 1 aromatic carbocycles. The van der Waals surface area contributed by atoms with Crippen LogP contribution in [0.25, 0.3) is 0 Å². The molecule has 3 atom stereocenters. The fraction of sp³-hybridized carbons (Fsp3) is 0.609. The Morgan fingerprint density at radius 1 is 1.13 bits per heavy atom. The number of carbonyl (C=O) groups is 2. The second-order valence-electron chi connectivity index (χ2n) is 8.19. The van der Waals surface area contributed by atoms with Gasteiger partial charge in [0, 0.05) is 40.7 Å². The number of hydrogen-bond acceptors (Lipinski definition) is 6. The van der Waals surface area contributed by atoms with Crippen LogP contribution in [0.4, 0.5) is 0 Å². The van der Waals surface area contributed by atoms with E-state index in [9.17, 15) is 14.9 Å². The molecule has 2 bridgehead atoms. The molecule has 168 valence electrons. The zero-order chi connectivity index (χ0) is 22.4. The highest BCUT2D eigenvalue weighted by Gasteiger charge is 2.33. The lowest BCUT2D eigenvalue weighted by molar-refractivity contribution is -0.145. The number of ether oxygens (including phenoxy) is 3. The summed E-state index contributed by atoms with van der Waals surface area (Å²) in [5.74, 6) is 0.0848. The lowest BCUT2D eigenvalue weighted by atomic mass is 9.99. The minimum atomic E-state index is -0.329. The van der Waals surface area contributed by atoms with Crippen LogP contribution < -0.4 is 4.74 Å². The van der Waals surface area contributed by atoms with Crippen LogP contribution in [-0.4, -0.2) is 80.8 Å². The van der Waals surface area contributed by atoms with Crippen LogP contribution in [0.5, 0.6) is 5.75 Å². The standard InChI is InChI=1S/C23H31N3O5/c1-25-13-11-17-9-10-19(29-3)20(31-17)15-30-22-16(14-24)6-4-7-18(22)23(28)26(2)12-5-8-21(25)27/h4,6-7,17,19-20H,5,8-13,15H2,1-3H3/t17-,19-,20-/m1/s1. The van der Waals surface area contributed by atoms with Crippen molar-refractivity contribution >= 4 is 11.8 Å². The topological polar surface area (TPSA) is 92.1 Å². The summed E-state index contributed by atoms with van der Waals surface area (Å²) >= 11 is 0. The molecule has 0 radical (unpaired) electrons. The predicted molar refractivity (Wildman–Crippen MR) is 114 cm³/mol. The van der Waals surface area contributed by atoms with E-state index in [0.29, 0.717) is 37.1 Å². The number of benzene rings is 1. The van der Waals surface area contributed by atoms with Gasteiger partial charge in [0.2, 0.25) is 5.91 Å². The van der Waals surface area contributed by atoms with Crippen LogP contribution in [-0.2, 0) is 14.3 Å². The largest absolute Gasteiger partial charge is 0.489 e. The van der Waals surface area contributed by atoms with Gasteiger partial charge in [-0.15, -0.1) is 0 Å². The number of methoxy groups -OCH3 is 1. The number of nitrogens with zero attached hydrogens (tertiary/aromatic N) is 3. The summed E-state index contributed by atoms with van der Waals surface area (Å²) in [5, 5.41) is 9.56. The van der Waals surface area contributed by atoms with Gasteiger partial charge in [-0.3, -0.25) is 9.59 Å². The van der Waals surface area contributed by atoms with Crippen molar-refractivity contribution < 1.29 is 23.8 Å². The number of amides is 2.